The first kappa shape index (κ1) is 18.6. The van der Waals surface area contributed by atoms with Gasteiger partial charge in [-0.15, -0.1) is 0 Å². The van der Waals surface area contributed by atoms with Crippen LogP contribution >= 0.6 is 0 Å². The standard InChI is InChI=1S/C20H22N6O3/c1-13-17(14(2)29-24-13)12-25-11-16(10-22-25)26-19(27)18(23-20(26)28)8-9-21-15-6-4-3-5-7-15/h3-7,10-11,21,27H,8-9,12H2,1-2H3,(H,23,28). The van der Waals surface area contributed by atoms with Gasteiger partial charge in [0.1, 0.15) is 5.76 Å². The van der Waals surface area contributed by atoms with Crippen molar-refractivity contribution >= 4 is 5.69 Å². The first-order chi connectivity index (χ1) is 14.0. The molecule has 0 unspecified atom stereocenters. The van der Waals surface area contributed by atoms with Gasteiger partial charge in [-0.1, -0.05) is 23.4 Å². The summed E-state index contributed by atoms with van der Waals surface area (Å²) in [6.45, 7) is 4.75. The molecule has 0 saturated heterocycles. The number of hydrogen-bond donors (Lipinski definition) is 3. The minimum absolute atomic E-state index is 0.109. The van der Waals surface area contributed by atoms with Gasteiger partial charge in [-0.2, -0.15) is 5.10 Å². The van der Waals surface area contributed by atoms with Crippen molar-refractivity contribution in [1.29, 1.82) is 0 Å². The Morgan fingerprint density at radius 1 is 1.24 bits per heavy atom. The van der Waals surface area contributed by atoms with E-state index in [1.54, 1.807) is 17.1 Å². The number of hydrogen-bond acceptors (Lipinski definition) is 6. The van der Waals surface area contributed by atoms with Gasteiger partial charge >= 0.3 is 5.69 Å². The summed E-state index contributed by atoms with van der Waals surface area (Å²) >= 11 is 0. The fourth-order valence-corrected chi connectivity index (χ4v) is 3.22. The number of rotatable bonds is 7. The number of aromatic nitrogens is 5. The number of aromatic hydroxyl groups is 1. The van der Waals surface area contributed by atoms with Gasteiger partial charge in [0.05, 0.1) is 29.8 Å². The van der Waals surface area contributed by atoms with Crippen molar-refractivity contribution in [2.24, 2.45) is 0 Å². The lowest BCUT2D eigenvalue weighted by atomic mass is 10.2. The highest BCUT2D eigenvalue weighted by Crippen LogP contribution is 2.20. The van der Waals surface area contributed by atoms with Crippen LogP contribution < -0.4 is 11.0 Å². The highest BCUT2D eigenvalue weighted by molar-refractivity contribution is 5.43. The lowest BCUT2D eigenvalue weighted by molar-refractivity contribution is 0.391. The second-order valence-corrected chi connectivity index (χ2v) is 6.81. The number of benzene rings is 1. The summed E-state index contributed by atoms with van der Waals surface area (Å²) in [5.41, 5.74) is 3.27. The van der Waals surface area contributed by atoms with E-state index < -0.39 is 5.69 Å². The number of imidazole rings is 1. The van der Waals surface area contributed by atoms with Crippen LogP contribution in [0.3, 0.4) is 0 Å². The number of aryl methyl sites for hydroxylation is 2. The molecule has 4 aromatic rings. The largest absolute Gasteiger partial charge is 0.493 e. The van der Waals surface area contributed by atoms with E-state index in [1.807, 2.05) is 44.2 Å². The summed E-state index contributed by atoms with van der Waals surface area (Å²) in [6.07, 6.45) is 3.71. The number of nitrogens with zero attached hydrogens (tertiary/aromatic N) is 4. The minimum atomic E-state index is -0.408. The molecule has 0 radical (unpaired) electrons. The molecule has 3 heterocycles. The summed E-state index contributed by atoms with van der Waals surface area (Å²) in [5, 5.41) is 22.0. The molecule has 0 amide bonds. The summed E-state index contributed by atoms with van der Waals surface area (Å²) in [6, 6.07) is 9.75. The van der Waals surface area contributed by atoms with E-state index in [2.05, 4.69) is 20.6 Å². The average Bonchev–Trinajstić information content (AvgIpc) is 3.37. The molecule has 0 saturated carbocycles. The molecule has 4 rings (SSSR count). The van der Waals surface area contributed by atoms with Gasteiger partial charge in [-0.05, 0) is 26.0 Å². The Hall–Kier alpha value is -3.75. The van der Waals surface area contributed by atoms with Gasteiger partial charge in [0, 0.05) is 30.4 Å². The Labute approximate surface area is 166 Å². The Balaban J connectivity index is 1.49. The molecular weight excluding hydrogens is 372 g/mol. The van der Waals surface area contributed by atoms with E-state index in [0.29, 0.717) is 30.9 Å². The van der Waals surface area contributed by atoms with Crippen molar-refractivity contribution in [2.75, 3.05) is 11.9 Å². The van der Waals surface area contributed by atoms with E-state index in [4.69, 9.17) is 4.52 Å². The Bertz CT molecular complexity index is 1150. The van der Waals surface area contributed by atoms with Gasteiger partial charge in [-0.3, -0.25) is 4.68 Å². The highest BCUT2D eigenvalue weighted by Gasteiger charge is 2.17. The molecule has 29 heavy (non-hydrogen) atoms. The number of H-pyrrole nitrogens is 1. The van der Waals surface area contributed by atoms with Crippen LogP contribution in [-0.4, -0.2) is 36.1 Å². The van der Waals surface area contributed by atoms with Crippen LogP contribution in [0.1, 0.15) is 22.7 Å². The minimum Gasteiger partial charge on any atom is -0.493 e. The Kier molecular flexibility index (Phi) is 4.94. The predicted octanol–water partition coefficient (Wildman–Crippen LogP) is 2.38. The maximum Gasteiger partial charge on any atom is 0.333 e. The number of nitrogens with one attached hydrogen (secondary N) is 2. The van der Waals surface area contributed by atoms with Gasteiger partial charge in [-0.25, -0.2) is 9.36 Å². The second kappa shape index (κ2) is 7.70. The summed E-state index contributed by atoms with van der Waals surface area (Å²) in [4.78, 5) is 15.1. The van der Waals surface area contributed by atoms with E-state index in [1.165, 1.54) is 4.57 Å². The topological polar surface area (TPSA) is 114 Å². The highest BCUT2D eigenvalue weighted by atomic mass is 16.5. The first-order valence-electron chi connectivity index (χ1n) is 9.29. The maximum atomic E-state index is 12.4. The van der Waals surface area contributed by atoms with Crippen LogP contribution in [0.2, 0.25) is 0 Å². The van der Waals surface area contributed by atoms with Crippen LogP contribution in [0.25, 0.3) is 5.69 Å². The van der Waals surface area contributed by atoms with Crippen molar-refractivity contribution in [3.8, 4) is 11.6 Å². The molecular formula is C20H22N6O3. The molecule has 0 spiro atoms. The number of aromatic amines is 1. The number of anilines is 1. The molecule has 9 nitrogen and oxygen atoms in total. The monoisotopic (exact) mass is 394 g/mol. The molecule has 3 N–H and O–H groups in total. The fourth-order valence-electron chi connectivity index (χ4n) is 3.22. The zero-order chi connectivity index (χ0) is 20.4. The molecule has 0 aliphatic heterocycles. The average molecular weight is 394 g/mol. The predicted molar refractivity (Wildman–Crippen MR) is 108 cm³/mol. The van der Waals surface area contributed by atoms with Crippen LogP contribution in [-0.2, 0) is 13.0 Å². The van der Waals surface area contributed by atoms with Crippen LogP contribution in [0, 0.1) is 13.8 Å². The third-order valence-corrected chi connectivity index (χ3v) is 4.80. The fraction of sp³-hybridized carbons (Fsp3) is 0.250. The van der Waals surface area contributed by atoms with Gasteiger partial charge in [0.2, 0.25) is 5.88 Å². The van der Waals surface area contributed by atoms with E-state index >= 15 is 0 Å². The zero-order valence-corrected chi connectivity index (χ0v) is 16.2. The third kappa shape index (κ3) is 3.79. The lowest BCUT2D eigenvalue weighted by Gasteiger charge is -2.05. The molecule has 9 heteroatoms. The second-order valence-electron chi connectivity index (χ2n) is 6.81. The Morgan fingerprint density at radius 3 is 2.76 bits per heavy atom. The summed E-state index contributed by atoms with van der Waals surface area (Å²) in [5.74, 6) is 0.621. The summed E-state index contributed by atoms with van der Waals surface area (Å²) < 4.78 is 8.07. The molecule has 0 aliphatic carbocycles. The SMILES string of the molecule is Cc1noc(C)c1Cn1cc(-n2c(O)c(CCNc3ccccc3)[nH]c2=O)cn1. The molecule has 0 bridgehead atoms. The van der Waals surface area contributed by atoms with Crippen molar-refractivity contribution in [3.63, 3.8) is 0 Å². The van der Waals surface area contributed by atoms with E-state index in [0.717, 1.165) is 22.7 Å². The zero-order valence-electron chi connectivity index (χ0n) is 16.2. The van der Waals surface area contributed by atoms with Crippen molar-refractivity contribution in [1.82, 2.24) is 24.5 Å². The molecule has 3 aromatic heterocycles. The van der Waals surface area contributed by atoms with Crippen LogP contribution in [0.4, 0.5) is 5.69 Å². The van der Waals surface area contributed by atoms with Gasteiger partial charge in [0.25, 0.3) is 0 Å². The molecule has 0 fully saturated rings. The normalized spacial score (nSPS) is 11.1. The smallest absolute Gasteiger partial charge is 0.333 e. The Morgan fingerprint density at radius 2 is 2.03 bits per heavy atom. The quantitative estimate of drug-likeness (QED) is 0.443. The number of para-hydroxylation sites is 1. The van der Waals surface area contributed by atoms with E-state index in [-0.39, 0.29) is 5.88 Å². The third-order valence-electron chi connectivity index (χ3n) is 4.80. The van der Waals surface area contributed by atoms with E-state index in [9.17, 15) is 9.90 Å². The first-order valence-corrected chi connectivity index (χ1v) is 9.29. The van der Waals surface area contributed by atoms with Gasteiger partial charge < -0.3 is 19.9 Å². The van der Waals surface area contributed by atoms with Crippen molar-refractivity contribution in [3.05, 3.63) is 75.9 Å². The van der Waals surface area contributed by atoms with Crippen molar-refractivity contribution < 1.29 is 9.63 Å². The van der Waals surface area contributed by atoms with Gasteiger partial charge in [0.15, 0.2) is 0 Å². The maximum absolute atomic E-state index is 12.4. The lowest BCUT2D eigenvalue weighted by Crippen LogP contribution is -2.14. The molecule has 0 aliphatic rings. The molecule has 0 atom stereocenters. The van der Waals surface area contributed by atoms with Crippen LogP contribution in [0.15, 0.2) is 52.0 Å². The summed E-state index contributed by atoms with van der Waals surface area (Å²) in [7, 11) is 0. The van der Waals surface area contributed by atoms with Crippen LogP contribution in [0.5, 0.6) is 5.88 Å². The molecule has 1 aromatic carbocycles. The molecule has 150 valence electrons. The van der Waals surface area contributed by atoms with Crippen molar-refractivity contribution in [2.45, 2.75) is 26.8 Å².